The highest BCUT2D eigenvalue weighted by Gasteiger charge is 2.72. The number of rotatable bonds is 4. The van der Waals surface area contributed by atoms with E-state index in [4.69, 9.17) is 9.29 Å². The van der Waals surface area contributed by atoms with E-state index < -0.39 is 16.2 Å². The smallest absolute Gasteiger partial charge is 0.407 e. The zero-order chi connectivity index (χ0) is 17.3. The van der Waals surface area contributed by atoms with E-state index in [9.17, 15) is 18.0 Å². The first-order chi connectivity index (χ1) is 11.1. The Hall–Kier alpha value is -1.55. The number of carbonyl (C=O) groups excluding carboxylic acids is 1. The van der Waals surface area contributed by atoms with Gasteiger partial charge in [0.2, 0.25) is 0 Å². The lowest BCUT2D eigenvalue weighted by Crippen LogP contribution is -2.76. The van der Waals surface area contributed by atoms with Gasteiger partial charge in [-0.15, -0.1) is 0 Å². The Labute approximate surface area is 140 Å². The van der Waals surface area contributed by atoms with Crippen LogP contribution in [0.25, 0.3) is 0 Å². The van der Waals surface area contributed by atoms with Crippen LogP contribution in [0.3, 0.4) is 0 Å². The van der Waals surface area contributed by atoms with E-state index in [2.05, 4.69) is 0 Å². The molecule has 0 aromatic carbocycles. The first kappa shape index (κ1) is 15.9. The molecule has 134 valence electrons. The molecule has 9 nitrogen and oxygen atoms in total. The van der Waals surface area contributed by atoms with Gasteiger partial charge < -0.3 is 19.8 Å². The normalized spacial score (nSPS) is 37.8. The van der Waals surface area contributed by atoms with Crippen LogP contribution in [-0.4, -0.2) is 91.0 Å². The van der Waals surface area contributed by atoms with E-state index in [0.717, 1.165) is 25.5 Å². The van der Waals surface area contributed by atoms with Crippen molar-refractivity contribution in [2.24, 2.45) is 5.41 Å². The molecule has 2 saturated heterocycles. The molecule has 5 rings (SSSR count). The third-order valence-corrected chi connectivity index (χ3v) is 6.43. The van der Waals surface area contributed by atoms with Crippen LogP contribution < -0.4 is 0 Å². The van der Waals surface area contributed by atoms with Gasteiger partial charge in [0.15, 0.2) is 0 Å². The Kier molecular flexibility index (Phi) is 3.16. The molecule has 3 aliphatic carbocycles. The molecule has 2 bridgehead atoms. The molecule has 0 aromatic rings. The molecule has 0 aromatic heterocycles. The number of urea groups is 1. The van der Waals surface area contributed by atoms with E-state index in [-0.39, 0.29) is 29.6 Å². The standard InChI is InChI=1S/C14H21N3O6S/c1-24(21,22)23-9-13-6-14(7-13,8-13)17-5-10-4-15(12(19)20)2-3-16(10)11(17)18/h10H,2-9H2,1H3,(H,19,20)/t10-,13?,14?/m0/s1. The Balaban J connectivity index is 1.38. The van der Waals surface area contributed by atoms with Crippen molar-refractivity contribution in [3.05, 3.63) is 0 Å². The summed E-state index contributed by atoms with van der Waals surface area (Å²) in [4.78, 5) is 28.8. The highest BCUT2D eigenvalue weighted by molar-refractivity contribution is 7.85. The van der Waals surface area contributed by atoms with Gasteiger partial charge in [-0.2, -0.15) is 8.42 Å². The maximum Gasteiger partial charge on any atom is 0.407 e. The van der Waals surface area contributed by atoms with Crippen molar-refractivity contribution < 1.29 is 27.3 Å². The average molecular weight is 359 g/mol. The molecule has 0 radical (unpaired) electrons. The Bertz CT molecular complexity index is 688. The lowest BCUT2D eigenvalue weighted by atomic mass is 9.39. The molecule has 3 amide bonds. The van der Waals surface area contributed by atoms with Gasteiger partial charge >= 0.3 is 12.1 Å². The minimum absolute atomic E-state index is 0.0117. The highest BCUT2D eigenvalue weighted by atomic mass is 32.2. The van der Waals surface area contributed by atoms with Gasteiger partial charge in [-0.1, -0.05) is 0 Å². The fourth-order valence-corrected chi connectivity index (χ4v) is 5.35. The summed E-state index contributed by atoms with van der Waals surface area (Å²) < 4.78 is 27.2. The zero-order valence-corrected chi connectivity index (χ0v) is 14.3. The SMILES string of the molecule is CS(=O)(=O)OCC12CC(N3C[C@@H]4CN(C(=O)O)CCN4C3=O)(C1)C2. The van der Waals surface area contributed by atoms with Crippen LogP contribution in [0.1, 0.15) is 19.3 Å². The predicted molar refractivity (Wildman–Crippen MR) is 82.0 cm³/mol. The van der Waals surface area contributed by atoms with Gasteiger partial charge in [0, 0.05) is 37.1 Å². The Morgan fingerprint density at radius 1 is 1.29 bits per heavy atom. The third-order valence-electron chi connectivity index (χ3n) is 5.89. The molecule has 1 atom stereocenters. The summed E-state index contributed by atoms with van der Waals surface area (Å²) in [6, 6.07) is -0.0954. The largest absolute Gasteiger partial charge is 0.465 e. The van der Waals surface area contributed by atoms with Crippen molar-refractivity contribution in [1.82, 2.24) is 14.7 Å². The van der Waals surface area contributed by atoms with Gasteiger partial charge in [0.1, 0.15) is 0 Å². The number of carboxylic acid groups (broad SMARTS) is 1. The highest BCUT2D eigenvalue weighted by Crippen LogP contribution is 2.70. The summed E-state index contributed by atoms with van der Waals surface area (Å²) in [5.41, 5.74) is -0.289. The fourth-order valence-electron chi connectivity index (χ4n) is 4.89. The number of hydrogen-bond donors (Lipinski definition) is 1. The summed E-state index contributed by atoms with van der Waals surface area (Å²) in [6.07, 6.45) is 2.41. The van der Waals surface area contributed by atoms with Gasteiger partial charge in [0.25, 0.3) is 10.1 Å². The first-order valence-electron chi connectivity index (χ1n) is 8.04. The van der Waals surface area contributed by atoms with Crippen LogP contribution in [0.15, 0.2) is 0 Å². The van der Waals surface area contributed by atoms with Gasteiger partial charge in [0.05, 0.1) is 18.9 Å². The van der Waals surface area contributed by atoms with Crippen molar-refractivity contribution in [1.29, 1.82) is 0 Å². The Morgan fingerprint density at radius 2 is 1.96 bits per heavy atom. The van der Waals surface area contributed by atoms with Gasteiger partial charge in [-0.3, -0.25) is 4.18 Å². The quantitative estimate of drug-likeness (QED) is 0.707. The van der Waals surface area contributed by atoms with Crippen LogP contribution in [0.5, 0.6) is 0 Å². The number of fused-ring (bicyclic) bond motifs is 1. The van der Waals surface area contributed by atoms with Crippen molar-refractivity contribution in [2.75, 3.05) is 39.0 Å². The van der Waals surface area contributed by atoms with Crippen molar-refractivity contribution in [2.45, 2.75) is 30.8 Å². The fraction of sp³-hybridized carbons (Fsp3) is 0.857. The summed E-state index contributed by atoms with van der Waals surface area (Å²) in [5, 5.41) is 9.12. The van der Waals surface area contributed by atoms with Crippen molar-refractivity contribution in [3.63, 3.8) is 0 Å². The van der Waals surface area contributed by atoms with E-state index in [1.54, 1.807) is 4.90 Å². The number of piperazine rings is 1. The summed E-state index contributed by atoms with van der Waals surface area (Å²) >= 11 is 0. The zero-order valence-electron chi connectivity index (χ0n) is 13.5. The van der Waals surface area contributed by atoms with Crippen LogP contribution in [0.4, 0.5) is 9.59 Å². The molecule has 10 heteroatoms. The summed E-state index contributed by atoms with van der Waals surface area (Å²) in [5.74, 6) is 0. The molecule has 5 fully saturated rings. The van der Waals surface area contributed by atoms with Gasteiger partial charge in [-0.25, -0.2) is 9.59 Å². The van der Waals surface area contributed by atoms with Crippen LogP contribution in [0, 0.1) is 5.41 Å². The van der Waals surface area contributed by atoms with Crippen LogP contribution in [-0.2, 0) is 14.3 Å². The second-order valence-electron chi connectivity index (χ2n) is 7.69. The Morgan fingerprint density at radius 3 is 2.54 bits per heavy atom. The lowest BCUT2D eigenvalue weighted by molar-refractivity contribution is -0.213. The summed E-state index contributed by atoms with van der Waals surface area (Å²) in [6.45, 7) is 1.88. The van der Waals surface area contributed by atoms with Crippen molar-refractivity contribution >= 4 is 22.2 Å². The van der Waals surface area contributed by atoms with Crippen LogP contribution >= 0.6 is 0 Å². The molecule has 2 heterocycles. The number of amides is 3. The molecule has 0 spiro atoms. The number of hydrogen-bond acceptors (Lipinski definition) is 5. The van der Waals surface area contributed by atoms with E-state index >= 15 is 0 Å². The molecule has 5 aliphatic rings. The first-order valence-corrected chi connectivity index (χ1v) is 9.85. The number of carbonyl (C=O) groups is 2. The predicted octanol–water partition coefficient (Wildman–Crippen LogP) is -0.0149. The third kappa shape index (κ3) is 2.26. The van der Waals surface area contributed by atoms with E-state index in [1.807, 2.05) is 4.90 Å². The average Bonchev–Trinajstić information content (AvgIpc) is 2.71. The molecular formula is C14H21N3O6S. The van der Waals surface area contributed by atoms with Crippen LogP contribution in [0.2, 0.25) is 0 Å². The lowest BCUT2D eigenvalue weighted by Gasteiger charge is -2.72. The molecule has 0 unspecified atom stereocenters. The summed E-state index contributed by atoms with van der Waals surface area (Å²) in [7, 11) is -3.44. The maximum absolute atomic E-state index is 12.7. The molecular weight excluding hydrogens is 338 g/mol. The van der Waals surface area contributed by atoms with Crippen molar-refractivity contribution in [3.8, 4) is 0 Å². The molecule has 1 N–H and O–H groups in total. The van der Waals surface area contributed by atoms with E-state index in [0.29, 0.717) is 26.2 Å². The maximum atomic E-state index is 12.7. The van der Waals surface area contributed by atoms with E-state index in [1.165, 1.54) is 4.90 Å². The second-order valence-corrected chi connectivity index (χ2v) is 9.33. The van der Waals surface area contributed by atoms with Gasteiger partial charge in [-0.05, 0) is 19.3 Å². The number of nitrogens with zero attached hydrogens (tertiary/aromatic N) is 3. The molecule has 24 heavy (non-hydrogen) atoms. The molecule has 2 aliphatic heterocycles. The second kappa shape index (κ2) is 4.75. The topological polar surface area (TPSA) is 107 Å². The molecule has 3 saturated carbocycles. The monoisotopic (exact) mass is 359 g/mol. The minimum atomic E-state index is -3.44. The minimum Gasteiger partial charge on any atom is -0.465 e.